The molecule has 1 fully saturated rings. The Hall–Kier alpha value is -2.41. The molecule has 0 aromatic heterocycles. The molecule has 0 bridgehead atoms. The number of carbonyl (C=O) groups is 1. The van der Waals surface area contributed by atoms with Crippen LogP contribution < -0.4 is 4.74 Å². The van der Waals surface area contributed by atoms with Gasteiger partial charge < -0.3 is 9.64 Å². The molecule has 1 saturated heterocycles. The van der Waals surface area contributed by atoms with Crippen LogP contribution in [0, 0.1) is 11.7 Å². The number of ether oxygens (including phenoxy) is 1. The average molecular weight is 420 g/mol. The molecule has 0 radical (unpaired) electrons. The Kier molecular flexibility index (Phi) is 6.57. The minimum atomic E-state index is -3.15. The van der Waals surface area contributed by atoms with Crippen LogP contribution in [0.4, 0.5) is 4.39 Å². The smallest absolute Gasteiger partial charge is 0.254 e. The lowest BCUT2D eigenvalue weighted by atomic mass is 10.1. The summed E-state index contributed by atoms with van der Waals surface area (Å²) in [6.07, 6.45) is 0.408. The summed E-state index contributed by atoms with van der Waals surface area (Å²) < 4.78 is 42.8. The van der Waals surface area contributed by atoms with E-state index in [2.05, 4.69) is 13.8 Å². The number of carbonyl (C=O) groups excluding carboxylic acids is 1. The molecule has 5 nitrogen and oxygen atoms in total. The Morgan fingerprint density at radius 2 is 1.79 bits per heavy atom. The largest absolute Gasteiger partial charge is 0.493 e. The first-order valence-electron chi connectivity index (χ1n) is 9.72. The van der Waals surface area contributed by atoms with E-state index in [1.807, 2.05) is 0 Å². The summed E-state index contributed by atoms with van der Waals surface area (Å²) in [5.41, 5.74) is 1.22. The van der Waals surface area contributed by atoms with Gasteiger partial charge in [-0.25, -0.2) is 12.8 Å². The summed E-state index contributed by atoms with van der Waals surface area (Å²) in [5.74, 6) is 0.511. The van der Waals surface area contributed by atoms with E-state index >= 15 is 0 Å². The van der Waals surface area contributed by atoms with E-state index in [1.54, 1.807) is 41.3 Å². The van der Waals surface area contributed by atoms with Crippen molar-refractivity contribution in [2.45, 2.75) is 32.9 Å². The lowest BCUT2D eigenvalue weighted by Crippen LogP contribution is -2.40. The highest BCUT2D eigenvalue weighted by atomic mass is 32.2. The van der Waals surface area contributed by atoms with E-state index in [4.69, 9.17) is 4.74 Å². The molecule has 29 heavy (non-hydrogen) atoms. The van der Waals surface area contributed by atoms with Crippen LogP contribution in [0.3, 0.4) is 0 Å². The first-order valence-corrected chi connectivity index (χ1v) is 11.5. The third-order valence-electron chi connectivity index (χ3n) is 4.86. The van der Waals surface area contributed by atoms with Gasteiger partial charge in [0, 0.05) is 18.2 Å². The fraction of sp³-hybridized carbons (Fsp3) is 0.409. The van der Waals surface area contributed by atoms with E-state index in [9.17, 15) is 17.6 Å². The maximum absolute atomic E-state index is 13.2. The molecule has 1 amide bonds. The van der Waals surface area contributed by atoms with Crippen LogP contribution in [0.1, 0.15) is 36.2 Å². The van der Waals surface area contributed by atoms with Crippen LogP contribution in [0.25, 0.3) is 0 Å². The molecule has 0 unspecified atom stereocenters. The van der Waals surface area contributed by atoms with Gasteiger partial charge in [0.2, 0.25) is 0 Å². The zero-order valence-corrected chi connectivity index (χ0v) is 17.5. The van der Waals surface area contributed by atoms with Gasteiger partial charge in [-0.15, -0.1) is 0 Å². The molecule has 156 valence electrons. The summed E-state index contributed by atoms with van der Waals surface area (Å²) in [7, 11) is -3.15. The fourth-order valence-electron chi connectivity index (χ4n) is 3.30. The van der Waals surface area contributed by atoms with Crippen molar-refractivity contribution in [3.8, 4) is 5.75 Å². The second-order valence-corrected chi connectivity index (χ2v) is 10.1. The van der Waals surface area contributed by atoms with Gasteiger partial charge in [0.05, 0.1) is 18.1 Å². The predicted molar refractivity (Wildman–Crippen MR) is 110 cm³/mol. The lowest BCUT2D eigenvalue weighted by Gasteiger charge is -2.28. The third-order valence-corrected chi connectivity index (χ3v) is 6.61. The van der Waals surface area contributed by atoms with E-state index in [0.29, 0.717) is 30.3 Å². The zero-order valence-electron chi connectivity index (χ0n) is 16.7. The van der Waals surface area contributed by atoms with Crippen LogP contribution in [-0.4, -0.2) is 43.4 Å². The molecule has 0 spiro atoms. The van der Waals surface area contributed by atoms with Crippen molar-refractivity contribution < 1.29 is 22.3 Å². The van der Waals surface area contributed by atoms with E-state index in [1.165, 1.54) is 12.1 Å². The molecule has 1 atom stereocenters. The van der Waals surface area contributed by atoms with Gasteiger partial charge in [-0.3, -0.25) is 4.79 Å². The molecule has 2 aromatic carbocycles. The molecule has 0 N–H and O–H groups in total. The Balaban J connectivity index is 1.80. The van der Waals surface area contributed by atoms with Gasteiger partial charge in [-0.1, -0.05) is 26.0 Å². The van der Waals surface area contributed by atoms with Gasteiger partial charge in [-0.05, 0) is 54.3 Å². The second kappa shape index (κ2) is 8.95. The predicted octanol–water partition coefficient (Wildman–Crippen LogP) is 3.69. The lowest BCUT2D eigenvalue weighted by molar-refractivity contribution is 0.0681. The van der Waals surface area contributed by atoms with Gasteiger partial charge in [0.25, 0.3) is 5.91 Å². The van der Waals surface area contributed by atoms with Crippen LogP contribution in [0.15, 0.2) is 48.5 Å². The average Bonchev–Trinajstić information content (AvgIpc) is 3.05. The SMILES string of the molecule is CC(C)COc1ccc(C(=O)N(Cc2ccc(F)cc2)[C@@H]2CCS(=O)(=O)C2)cc1. The summed E-state index contributed by atoms with van der Waals surface area (Å²) in [4.78, 5) is 14.8. The quantitative estimate of drug-likeness (QED) is 0.687. The maximum atomic E-state index is 13.2. The molecule has 1 heterocycles. The Morgan fingerprint density at radius 3 is 2.34 bits per heavy atom. The molecule has 0 saturated carbocycles. The number of halogens is 1. The standard InChI is InChI=1S/C22H26FNO4S/c1-16(2)14-28-21-9-5-18(6-10-21)22(25)24(20-11-12-29(26,27)15-20)13-17-3-7-19(23)8-4-17/h3-10,16,20H,11-15H2,1-2H3/t20-/m1/s1. The van der Waals surface area contributed by atoms with Crippen molar-refractivity contribution >= 4 is 15.7 Å². The maximum Gasteiger partial charge on any atom is 0.254 e. The minimum Gasteiger partial charge on any atom is -0.493 e. The van der Waals surface area contributed by atoms with Gasteiger partial charge in [0.1, 0.15) is 11.6 Å². The molecule has 0 aliphatic carbocycles. The van der Waals surface area contributed by atoms with Crippen molar-refractivity contribution in [1.82, 2.24) is 4.90 Å². The van der Waals surface area contributed by atoms with Gasteiger partial charge in [-0.2, -0.15) is 0 Å². The van der Waals surface area contributed by atoms with Crippen LogP contribution in [-0.2, 0) is 16.4 Å². The molecule has 2 aromatic rings. The molecule has 3 rings (SSSR count). The van der Waals surface area contributed by atoms with E-state index in [0.717, 1.165) is 5.56 Å². The highest BCUT2D eigenvalue weighted by Gasteiger charge is 2.35. The monoisotopic (exact) mass is 419 g/mol. The van der Waals surface area contributed by atoms with Crippen molar-refractivity contribution in [1.29, 1.82) is 0 Å². The van der Waals surface area contributed by atoms with E-state index < -0.39 is 15.9 Å². The normalized spacial score (nSPS) is 18.0. The Morgan fingerprint density at radius 1 is 1.14 bits per heavy atom. The third kappa shape index (κ3) is 5.79. The highest BCUT2D eigenvalue weighted by Crippen LogP contribution is 2.23. The second-order valence-electron chi connectivity index (χ2n) is 7.85. The number of hydrogen-bond acceptors (Lipinski definition) is 4. The van der Waals surface area contributed by atoms with Gasteiger partial charge >= 0.3 is 0 Å². The number of amides is 1. The molecule has 7 heteroatoms. The first-order chi connectivity index (χ1) is 13.7. The van der Waals surface area contributed by atoms with Crippen molar-refractivity contribution in [2.75, 3.05) is 18.1 Å². The minimum absolute atomic E-state index is 0.0461. The topological polar surface area (TPSA) is 63.7 Å². The van der Waals surface area contributed by atoms with Crippen LogP contribution in [0.5, 0.6) is 5.75 Å². The van der Waals surface area contributed by atoms with Crippen molar-refractivity contribution in [3.63, 3.8) is 0 Å². The number of rotatable bonds is 7. The number of benzene rings is 2. The van der Waals surface area contributed by atoms with Crippen LogP contribution in [0.2, 0.25) is 0 Å². The molecular weight excluding hydrogens is 393 g/mol. The first kappa shape index (κ1) is 21.3. The van der Waals surface area contributed by atoms with Crippen molar-refractivity contribution in [2.24, 2.45) is 5.92 Å². The summed E-state index contributed by atoms with van der Waals surface area (Å²) in [5, 5.41) is 0. The van der Waals surface area contributed by atoms with Crippen LogP contribution >= 0.6 is 0 Å². The summed E-state index contributed by atoms with van der Waals surface area (Å²) in [6, 6.07) is 12.4. The molecule has 1 aliphatic heterocycles. The summed E-state index contributed by atoms with van der Waals surface area (Å²) >= 11 is 0. The number of hydrogen-bond donors (Lipinski definition) is 0. The Labute approximate surface area is 171 Å². The van der Waals surface area contributed by atoms with E-state index in [-0.39, 0.29) is 29.8 Å². The zero-order chi connectivity index (χ0) is 21.0. The number of sulfone groups is 1. The summed E-state index contributed by atoms with van der Waals surface area (Å²) in [6.45, 7) is 4.93. The van der Waals surface area contributed by atoms with Crippen molar-refractivity contribution in [3.05, 3.63) is 65.5 Å². The Bertz CT molecular complexity index is 940. The number of nitrogens with zero attached hydrogens (tertiary/aromatic N) is 1. The highest BCUT2D eigenvalue weighted by molar-refractivity contribution is 7.91. The molecule has 1 aliphatic rings. The molecular formula is C22H26FNO4S. The van der Waals surface area contributed by atoms with Gasteiger partial charge in [0.15, 0.2) is 9.84 Å². The fourth-order valence-corrected chi connectivity index (χ4v) is 5.03.